The first-order valence-electron chi connectivity index (χ1n) is 6.28. The third kappa shape index (κ3) is 2.70. The van der Waals surface area contributed by atoms with Crippen molar-refractivity contribution in [2.45, 2.75) is 25.6 Å². The van der Waals surface area contributed by atoms with Gasteiger partial charge in [0, 0.05) is 18.8 Å². The number of nitrogens with zero attached hydrogens (tertiary/aromatic N) is 2. The minimum absolute atomic E-state index is 0.0719. The maximum absolute atomic E-state index is 13.0. The topological polar surface area (TPSA) is 43.8 Å². The molecule has 20 heavy (non-hydrogen) atoms. The molecule has 3 nitrogen and oxygen atoms in total. The van der Waals surface area contributed by atoms with Crippen molar-refractivity contribution in [3.8, 4) is 0 Å². The second kappa shape index (κ2) is 5.28. The van der Waals surface area contributed by atoms with E-state index in [4.69, 9.17) is 5.73 Å². The summed E-state index contributed by atoms with van der Waals surface area (Å²) in [6.07, 6.45) is -2.11. The Hall–Kier alpha value is -1.82. The smallest absolute Gasteiger partial charge is 0.320 e. The quantitative estimate of drug-likeness (QED) is 0.941. The Kier molecular flexibility index (Phi) is 3.85. The van der Waals surface area contributed by atoms with E-state index in [0.717, 1.165) is 11.8 Å². The molecule has 6 heteroatoms. The SMILES string of the molecule is CCc1nn(C)cc1C(N)c1ccccc1C(F)(F)F. The number of rotatable bonds is 3. The molecule has 0 saturated carbocycles. The summed E-state index contributed by atoms with van der Waals surface area (Å²) in [6.45, 7) is 1.90. The van der Waals surface area contributed by atoms with E-state index in [9.17, 15) is 13.2 Å². The van der Waals surface area contributed by atoms with Crippen molar-refractivity contribution in [2.24, 2.45) is 12.8 Å². The molecule has 0 amide bonds. The lowest BCUT2D eigenvalue weighted by atomic mass is 9.94. The van der Waals surface area contributed by atoms with Gasteiger partial charge in [0.1, 0.15) is 0 Å². The third-order valence-corrected chi connectivity index (χ3v) is 3.21. The van der Waals surface area contributed by atoms with Crippen molar-refractivity contribution >= 4 is 0 Å². The molecule has 0 bridgehead atoms. The summed E-state index contributed by atoms with van der Waals surface area (Å²) in [6, 6.07) is 4.56. The predicted molar refractivity (Wildman–Crippen MR) is 70.1 cm³/mol. The monoisotopic (exact) mass is 283 g/mol. The molecule has 2 N–H and O–H groups in total. The van der Waals surface area contributed by atoms with E-state index in [-0.39, 0.29) is 5.56 Å². The van der Waals surface area contributed by atoms with Crippen LogP contribution in [0, 0.1) is 0 Å². The number of hydrogen-bond donors (Lipinski definition) is 1. The van der Waals surface area contributed by atoms with Crippen LogP contribution in [0.3, 0.4) is 0 Å². The molecule has 1 unspecified atom stereocenters. The second-order valence-electron chi connectivity index (χ2n) is 4.62. The first kappa shape index (κ1) is 14.6. The fraction of sp³-hybridized carbons (Fsp3) is 0.357. The van der Waals surface area contributed by atoms with Crippen molar-refractivity contribution in [3.63, 3.8) is 0 Å². The van der Waals surface area contributed by atoms with Gasteiger partial charge in [0.25, 0.3) is 0 Å². The highest BCUT2D eigenvalue weighted by Gasteiger charge is 2.35. The first-order chi connectivity index (χ1) is 9.34. The minimum Gasteiger partial charge on any atom is -0.320 e. The number of halogens is 3. The molecule has 2 aromatic rings. The maximum atomic E-state index is 13.0. The minimum atomic E-state index is -4.41. The van der Waals surface area contributed by atoms with Crippen LogP contribution in [0.5, 0.6) is 0 Å². The predicted octanol–water partition coefficient (Wildman–Crippen LogP) is 3.05. The van der Waals surface area contributed by atoms with Gasteiger partial charge in [0.15, 0.2) is 0 Å². The number of nitrogens with two attached hydrogens (primary N) is 1. The molecule has 1 heterocycles. The van der Waals surface area contributed by atoms with Gasteiger partial charge < -0.3 is 5.73 Å². The van der Waals surface area contributed by atoms with Crippen LogP contribution in [-0.4, -0.2) is 9.78 Å². The van der Waals surface area contributed by atoms with Gasteiger partial charge in [-0.3, -0.25) is 4.68 Å². The van der Waals surface area contributed by atoms with E-state index >= 15 is 0 Å². The van der Waals surface area contributed by atoms with E-state index < -0.39 is 17.8 Å². The van der Waals surface area contributed by atoms with Gasteiger partial charge in [-0.1, -0.05) is 25.1 Å². The summed E-state index contributed by atoms with van der Waals surface area (Å²) < 4.78 is 40.7. The van der Waals surface area contributed by atoms with Crippen LogP contribution in [-0.2, 0) is 19.6 Å². The Balaban J connectivity index is 2.51. The standard InChI is InChI=1S/C14H16F3N3/c1-3-12-10(8-20(2)19-12)13(18)9-6-4-5-7-11(9)14(15,16)17/h4-8,13H,3,18H2,1-2H3. The van der Waals surface area contributed by atoms with Crippen LogP contribution in [0.4, 0.5) is 13.2 Å². The Morgan fingerprint density at radius 1 is 1.25 bits per heavy atom. The van der Waals surface area contributed by atoms with Crippen LogP contribution >= 0.6 is 0 Å². The molecule has 0 aliphatic rings. The van der Waals surface area contributed by atoms with Crippen molar-refractivity contribution in [1.82, 2.24) is 9.78 Å². The zero-order chi connectivity index (χ0) is 14.9. The fourth-order valence-corrected chi connectivity index (χ4v) is 2.28. The number of aromatic nitrogens is 2. The molecular formula is C14H16F3N3. The summed E-state index contributed by atoms with van der Waals surface area (Å²) in [5, 5.41) is 4.22. The van der Waals surface area contributed by atoms with Gasteiger partial charge in [-0.05, 0) is 18.1 Å². The van der Waals surface area contributed by atoms with E-state index in [1.165, 1.54) is 12.1 Å². The van der Waals surface area contributed by atoms with Crippen LogP contribution < -0.4 is 5.73 Å². The number of hydrogen-bond acceptors (Lipinski definition) is 2. The van der Waals surface area contributed by atoms with Gasteiger partial charge in [0.05, 0.1) is 17.3 Å². The lowest BCUT2D eigenvalue weighted by molar-refractivity contribution is -0.138. The van der Waals surface area contributed by atoms with E-state index in [1.807, 2.05) is 6.92 Å². The summed E-state index contributed by atoms with van der Waals surface area (Å²) in [5.41, 5.74) is 6.78. The molecule has 0 aliphatic heterocycles. The molecule has 0 fully saturated rings. The Labute approximate surface area is 115 Å². The second-order valence-corrected chi connectivity index (χ2v) is 4.62. The summed E-state index contributed by atoms with van der Waals surface area (Å²) >= 11 is 0. The average Bonchev–Trinajstić information content (AvgIpc) is 2.78. The van der Waals surface area contributed by atoms with Crippen LogP contribution in [0.2, 0.25) is 0 Å². The summed E-state index contributed by atoms with van der Waals surface area (Å²) in [4.78, 5) is 0. The van der Waals surface area contributed by atoms with Gasteiger partial charge >= 0.3 is 6.18 Å². The maximum Gasteiger partial charge on any atom is 0.416 e. The highest BCUT2D eigenvalue weighted by molar-refractivity contribution is 5.39. The van der Waals surface area contributed by atoms with Crippen molar-refractivity contribution in [2.75, 3.05) is 0 Å². The summed E-state index contributed by atoms with van der Waals surface area (Å²) in [7, 11) is 1.73. The molecule has 0 spiro atoms. The number of benzene rings is 1. The lowest BCUT2D eigenvalue weighted by Gasteiger charge is -2.18. The van der Waals surface area contributed by atoms with Crippen LogP contribution in [0.1, 0.15) is 35.3 Å². The van der Waals surface area contributed by atoms with Gasteiger partial charge in [-0.15, -0.1) is 0 Å². The lowest BCUT2D eigenvalue weighted by Crippen LogP contribution is -2.19. The van der Waals surface area contributed by atoms with Gasteiger partial charge in [-0.25, -0.2) is 0 Å². The Bertz CT molecular complexity index is 602. The molecule has 1 aromatic carbocycles. The van der Waals surface area contributed by atoms with Gasteiger partial charge in [-0.2, -0.15) is 18.3 Å². The Morgan fingerprint density at radius 3 is 2.50 bits per heavy atom. The summed E-state index contributed by atoms with van der Waals surface area (Å²) in [5.74, 6) is 0. The first-order valence-corrected chi connectivity index (χ1v) is 6.28. The normalized spacial score (nSPS) is 13.5. The molecule has 1 atom stereocenters. The third-order valence-electron chi connectivity index (χ3n) is 3.21. The molecule has 108 valence electrons. The van der Waals surface area contributed by atoms with Crippen molar-refractivity contribution in [1.29, 1.82) is 0 Å². The zero-order valence-electron chi connectivity index (χ0n) is 11.3. The number of aryl methyl sites for hydroxylation is 2. The largest absolute Gasteiger partial charge is 0.416 e. The van der Waals surface area contributed by atoms with Crippen LogP contribution in [0.25, 0.3) is 0 Å². The van der Waals surface area contributed by atoms with E-state index in [1.54, 1.807) is 24.0 Å². The van der Waals surface area contributed by atoms with E-state index in [2.05, 4.69) is 5.10 Å². The van der Waals surface area contributed by atoms with Crippen LogP contribution in [0.15, 0.2) is 30.5 Å². The average molecular weight is 283 g/mol. The molecule has 0 saturated heterocycles. The molecule has 0 aliphatic carbocycles. The van der Waals surface area contributed by atoms with Crippen molar-refractivity contribution < 1.29 is 13.2 Å². The zero-order valence-corrected chi connectivity index (χ0v) is 11.3. The highest BCUT2D eigenvalue weighted by Crippen LogP contribution is 2.36. The molecular weight excluding hydrogens is 267 g/mol. The fourth-order valence-electron chi connectivity index (χ4n) is 2.28. The van der Waals surface area contributed by atoms with Crippen molar-refractivity contribution in [3.05, 3.63) is 52.8 Å². The Morgan fingerprint density at radius 2 is 1.90 bits per heavy atom. The number of alkyl halides is 3. The van der Waals surface area contributed by atoms with Gasteiger partial charge in [0.2, 0.25) is 0 Å². The highest BCUT2D eigenvalue weighted by atomic mass is 19.4. The molecule has 2 rings (SSSR count). The molecule has 0 radical (unpaired) electrons. The molecule has 1 aromatic heterocycles. The van der Waals surface area contributed by atoms with E-state index in [0.29, 0.717) is 12.0 Å².